The molecule has 0 amide bonds. The topological polar surface area (TPSA) is 58.7 Å². The van der Waals surface area contributed by atoms with Crippen LogP contribution < -0.4 is 10.5 Å². The molecule has 0 aliphatic carbocycles. The zero-order valence-corrected chi connectivity index (χ0v) is 12.6. The van der Waals surface area contributed by atoms with E-state index >= 15 is 0 Å². The van der Waals surface area contributed by atoms with Gasteiger partial charge in [-0.05, 0) is 49.8 Å². The van der Waals surface area contributed by atoms with Gasteiger partial charge in [0.2, 0.25) is 0 Å². The Morgan fingerprint density at radius 2 is 2.00 bits per heavy atom. The summed E-state index contributed by atoms with van der Waals surface area (Å²) in [7, 11) is 0. The van der Waals surface area contributed by atoms with Gasteiger partial charge in [0.25, 0.3) is 0 Å². The number of nitrogens with two attached hydrogens (primary N) is 1. The van der Waals surface area contributed by atoms with Crippen molar-refractivity contribution in [3.63, 3.8) is 0 Å². The van der Waals surface area contributed by atoms with Gasteiger partial charge in [0.1, 0.15) is 5.75 Å². The van der Waals surface area contributed by atoms with Crippen LogP contribution >= 0.6 is 0 Å². The van der Waals surface area contributed by atoms with Crippen LogP contribution in [0.4, 0.5) is 0 Å². The molecule has 2 aliphatic rings. The van der Waals surface area contributed by atoms with Crippen LogP contribution in [0.5, 0.6) is 5.75 Å². The van der Waals surface area contributed by atoms with Gasteiger partial charge in [-0.15, -0.1) is 0 Å². The molecular weight excluding hydrogens is 264 g/mol. The number of benzene rings is 1. The van der Waals surface area contributed by atoms with Gasteiger partial charge in [-0.25, -0.2) is 0 Å². The predicted molar refractivity (Wildman–Crippen MR) is 83.2 cm³/mol. The Morgan fingerprint density at radius 3 is 2.71 bits per heavy atom. The smallest absolute Gasteiger partial charge is 0.119 e. The van der Waals surface area contributed by atoms with E-state index < -0.39 is 0 Å². The molecule has 2 heterocycles. The van der Waals surface area contributed by atoms with Gasteiger partial charge in [0.15, 0.2) is 0 Å². The quantitative estimate of drug-likeness (QED) is 0.786. The number of fused-ring (bicyclic) bond motifs is 2. The van der Waals surface area contributed by atoms with E-state index in [0.717, 1.165) is 43.7 Å². The van der Waals surface area contributed by atoms with Crippen LogP contribution in [0, 0.1) is 0 Å². The van der Waals surface area contributed by atoms with E-state index in [4.69, 9.17) is 10.5 Å². The van der Waals surface area contributed by atoms with E-state index in [9.17, 15) is 5.11 Å². The number of piperidine rings is 1. The largest absolute Gasteiger partial charge is 0.494 e. The highest BCUT2D eigenvalue weighted by molar-refractivity contribution is 5.28. The molecule has 1 aromatic rings. The first-order valence-corrected chi connectivity index (χ1v) is 8.12. The molecule has 2 saturated heterocycles. The van der Waals surface area contributed by atoms with Crippen LogP contribution in [0.25, 0.3) is 0 Å². The van der Waals surface area contributed by atoms with E-state index in [0.29, 0.717) is 18.6 Å². The van der Waals surface area contributed by atoms with Crippen LogP contribution in [-0.4, -0.2) is 41.3 Å². The molecule has 116 valence electrons. The first kappa shape index (κ1) is 14.8. The standard InChI is InChI=1S/C17H26N2O2/c18-12-13-3-1-4-17(9-13)21-8-2-7-19-14-5-6-15(19)11-16(20)10-14/h1,3-4,9,14-16,20H,2,5-8,10-12,18H2. The molecule has 0 spiro atoms. The van der Waals surface area contributed by atoms with Crippen molar-refractivity contribution in [2.45, 2.75) is 56.8 Å². The number of nitrogens with zero attached hydrogens (tertiary/aromatic N) is 1. The van der Waals surface area contributed by atoms with Crippen molar-refractivity contribution in [1.82, 2.24) is 4.90 Å². The second-order valence-electron chi connectivity index (χ2n) is 6.30. The molecule has 4 nitrogen and oxygen atoms in total. The summed E-state index contributed by atoms with van der Waals surface area (Å²) >= 11 is 0. The minimum absolute atomic E-state index is 0.0750. The van der Waals surface area contributed by atoms with Crippen LogP contribution in [0.3, 0.4) is 0 Å². The van der Waals surface area contributed by atoms with E-state index in [1.54, 1.807) is 0 Å². The van der Waals surface area contributed by atoms with Crippen molar-refractivity contribution in [3.8, 4) is 5.75 Å². The first-order chi connectivity index (χ1) is 10.3. The first-order valence-electron chi connectivity index (χ1n) is 8.12. The molecule has 21 heavy (non-hydrogen) atoms. The lowest BCUT2D eigenvalue weighted by molar-refractivity contribution is 0.0331. The second-order valence-corrected chi connectivity index (χ2v) is 6.30. The Kier molecular flexibility index (Phi) is 4.78. The van der Waals surface area contributed by atoms with Crippen molar-refractivity contribution in [2.24, 2.45) is 5.73 Å². The Hall–Kier alpha value is -1.10. The third-order valence-corrected chi connectivity index (χ3v) is 4.82. The summed E-state index contributed by atoms with van der Waals surface area (Å²) in [5.74, 6) is 0.912. The molecular formula is C17H26N2O2. The van der Waals surface area contributed by atoms with E-state index in [1.165, 1.54) is 12.8 Å². The number of hydrogen-bond acceptors (Lipinski definition) is 4. The number of aliphatic hydroxyl groups excluding tert-OH is 1. The maximum absolute atomic E-state index is 9.82. The fourth-order valence-corrected chi connectivity index (χ4v) is 3.81. The summed E-state index contributed by atoms with van der Waals surface area (Å²) in [4.78, 5) is 2.59. The second kappa shape index (κ2) is 6.77. The Bertz CT molecular complexity index is 452. The van der Waals surface area contributed by atoms with Crippen LogP contribution in [-0.2, 0) is 6.54 Å². The van der Waals surface area contributed by atoms with Gasteiger partial charge in [-0.3, -0.25) is 4.90 Å². The Morgan fingerprint density at radius 1 is 1.24 bits per heavy atom. The number of aliphatic hydroxyl groups is 1. The van der Waals surface area contributed by atoms with Gasteiger partial charge in [0, 0.05) is 25.2 Å². The molecule has 3 rings (SSSR count). The highest BCUT2D eigenvalue weighted by Gasteiger charge is 2.39. The number of rotatable bonds is 6. The van der Waals surface area contributed by atoms with Crippen LogP contribution in [0.1, 0.15) is 37.7 Å². The summed E-state index contributed by atoms with van der Waals surface area (Å²) in [6, 6.07) is 9.20. The summed E-state index contributed by atoms with van der Waals surface area (Å²) < 4.78 is 5.82. The lowest BCUT2D eigenvalue weighted by Crippen LogP contribution is -2.45. The monoisotopic (exact) mass is 290 g/mol. The molecule has 2 atom stereocenters. The predicted octanol–water partition coefficient (Wildman–Crippen LogP) is 1.90. The maximum Gasteiger partial charge on any atom is 0.119 e. The zero-order chi connectivity index (χ0) is 14.7. The van der Waals surface area contributed by atoms with Crippen molar-refractivity contribution in [2.75, 3.05) is 13.2 Å². The van der Waals surface area contributed by atoms with Crippen molar-refractivity contribution in [1.29, 1.82) is 0 Å². The van der Waals surface area contributed by atoms with Gasteiger partial charge in [-0.2, -0.15) is 0 Å². The highest BCUT2D eigenvalue weighted by Crippen LogP contribution is 2.35. The molecule has 0 saturated carbocycles. The van der Waals surface area contributed by atoms with Crippen molar-refractivity contribution < 1.29 is 9.84 Å². The summed E-state index contributed by atoms with van der Waals surface area (Å²) in [6.45, 7) is 2.38. The molecule has 2 unspecified atom stereocenters. The van der Waals surface area contributed by atoms with Gasteiger partial charge in [0.05, 0.1) is 12.7 Å². The van der Waals surface area contributed by atoms with Gasteiger partial charge < -0.3 is 15.6 Å². The molecule has 2 fully saturated rings. The molecule has 3 N–H and O–H groups in total. The van der Waals surface area contributed by atoms with Crippen LogP contribution in [0.2, 0.25) is 0 Å². The third kappa shape index (κ3) is 3.57. The number of hydrogen-bond donors (Lipinski definition) is 2. The average Bonchev–Trinajstić information content (AvgIpc) is 2.74. The van der Waals surface area contributed by atoms with Gasteiger partial charge in [-0.1, -0.05) is 12.1 Å². The van der Waals surface area contributed by atoms with Gasteiger partial charge >= 0.3 is 0 Å². The van der Waals surface area contributed by atoms with Crippen molar-refractivity contribution >= 4 is 0 Å². The van der Waals surface area contributed by atoms with E-state index in [1.807, 2.05) is 24.3 Å². The molecule has 4 heteroatoms. The number of ether oxygens (including phenoxy) is 1. The minimum atomic E-state index is -0.0750. The van der Waals surface area contributed by atoms with E-state index in [-0.39, 0.29) is 6.10 Å². The Labute approximate surface area is 126 Å². The van der Waals surface area contributed by atoms with Crippen LogP contribution in [0.15, 0.2) is 24.3 Å². The average molecular weight is 290 g/mol. The molecule has 2 aliphatic heterocycles. The molecule has 2 bridgehead atoms. The van der Waals surface area contributed by atoms with E-state index in [2.05, 4.69) is 4.90 Å². The summed E-state index contributed by atoms with van der Waals surface area (Å²) in [5, 5.41) is 9.82. The minimum Gasteiger partial charge on any atom is -0.494 e. The SMILES string of the molecule is NCc1cccc(OCCCN2C3CCC2CC(O)C3)c1. The Balaban J connectivity index is 1.42. The molecule has 0 radical (unpaired) electrons. The summed E-state index contributed by atoms with van der Waals surface area (Å²) in [6.07, 6.45) is 5.37. The maximum atomic E-state index is 9.82. The lowest BCUT2D eigenvalue weighted by atomic mass is 10.00. The highest BCUT2D eigenvalue weighted by atomic mass is 16.5. The fourth-order valence-electron chi connectivity index (χ4n) is 3.81. The summed E-state index contributed by atoms with van der Waals surface area (Å²) in [5.41, 5.74) is 6.74. The fraction of sp³-hybridized carbons (Fsp3) is 0.647. The molecule has 0 aromatic heterocycles. The van der Waals surface area contributed by atoms with Crippen molar-refractivity contribution in [3.05, 3.63) is 29.8 Å². The third-order valence-electron chi connectivity index (χ3n) is 4.82. The lowest BCUT2D eigenvalue weighted by Gasteiger charge is -2.37. The molecule has 1 aromatic carbocycles. The zero-order valence-electron chi connectivity index (χ0n) is 12.6. The normalized spacial score (nSPS) is 28.8.